The summed E-state index contributed by atoms with van der Waals surface area (Å²) in [6.07, 6.45) is 1.13. The van der Waals surface area contributed by atoms with Crippen molar-refractivity contribution >= 4 is 0 Å². The summed E-state index contributed by atoms with van der Waals surface area (Å²) in [7, 11) is 0. The summed E-state index contributed by atoms with van der Waals surface area (Å²) < 4.78 is 5.42. The highest BCUT2D eigenvalue weighted by atomic mass is 16.5. The van der Waals surface area contributed by atoms with Crippen LogP contribution in [0, 0.1) is 0 Å². The van der Waals surface area contributed by atoms with Crippen LogP contribution >= 0.6 is 0 Å². The molecule has 3 nitrogen and oxygen atoms in total. The maximum absolute atomic E-state index is 5.42. The normalized spacial score (nSPS) is 15.6. The maximum atomic E-state index is 5.42. The second kappa shape index (κ2) is 17.3. The third-order valence-electron chi connectivity index (χ3n) is 2.11. The van der Waals surface area contributed by atoms with Crippen molar-refractivity contribution < 1.29 is 4.74 Å². The number of nitrogens with zero attached hydrogens (tertiary/aromatic N) is 1. The zero-order valence-electron chi connectivity index (χ0n) is 12.0. The summed E-state index contributed by atoms with van der Waals surface area (Å²) in [5, 5.41) is 3.33. The summed E-state index contributed by atoms with van der Waals surface area (Å²) in [6, 6.07) is 0. The fourth-order valence-corrected chi connectivity index (χ4v) is 1.37. The van der Waals surface area contributed by atoms with Gasteiger partial charge in [-0.1, -0.05) is 34.6 Å². The quantitative estimate of drug-likeness (QED) is 0.737. The molecule has 0 aromatic heterocycles. The average Bonchev–Trinajstić information content (AvgIpc) is 2.41. The van der Waals surface area contributed by atoms with Gasteiger partial charge in [0, 0.05) is 39.3 Å². The van der Waals surface area contributed by atoms with Gasteiger partial charge in [0.2, 0.25) is 0 Å². The molecule has 1 N–H and O–H groups in total. The van der Waals surface area contributed by atoms with E-state index >= 15 is 0 Å². The summed E-state index contributed by atoms with van der Waals surface area (Å²) in [4.78, 5) is 2.45. The van der Waals surface area contributed by atoms with Gasteiger partial charge in [-0.05, 0) is 6.42 Å². The van der Waals surface area contributed by atoms with Gasteiger partial charge < -0.3 is 10.1 Å². The molecule has 0 spiro atoms. The Morgan fingerprint density at radius 3 is 2.06 bits per heavy atom. The van der Waals surface area contributed by atoms with Gasteiger partial charge in [-0.2, -0.15) is 0 Å². The van der Waals surface area contributed by atoms with Crippen molar-refractivity contribution in [3.8, 4) is 0 Å². The van der Waals surface area contributed by atoms with Crippen molar-refractivity contribution in [2.45, 2.75) is 41.0 Å². The summed E-state index contributed by atoms with van der Waals surface area (Å²) in [5.74, 6) is 0. The van der Waals surface area contributed by atoms with Crippen molar-refractivity contribution in [1.29, 1.82) is 0 Å². The lowest BCUT2D eigenvalue weighted by atomic mass is 10.4. The van der Waals surface area contributed by atoms with Crippen molar-refractivity contribution in [3.63, 3.8) is 0 Å². The van der Waals surface area contributed by atoms with Crippen LogP contribution in [0.15, 0.2) is 0 Å². The molecule has 1 fully saturated rings. The third kappa shape index (κ3) is 12.0. The van der Waals surface area contributed by atoms with E-state index in [4.69, 9.17) is 4.74 Å². The molecule has 3 heteroatoms. The first-order valence-corrected chi connectivity index (χ1v) is 6.94. The lowest BCUT2D eigenvalue weighted by Crippen LogP contribution is -2.44. The molecule has 0 radical (unpaired) electrons. The molecule has 0 saturated carbocycles. The molecule has 1 saturated heterocycles. The fraction of sp³-hybridized carbons (Fsp3) is 1.00. The molecular weight excluding hydrogens is 200 g/mol. The van der Waals surface area contributed by atoms with E-state index < -0.39 is 0 Å². The molecule has 0 aromatic rings. The van der Waals surface area contributed by atoms with Gasteiger partial charge in [-0.3, -0.25) is 4.90 Å². The highest BCUT2D eigenvalue weighted by molar-refractivity contribution is 4.66. The van der Waals surface area contributed by atoms with Crippen LogP contribution in [0.25, 0.3) is 0 Å². The molecule has 1 heterocycles. The van der Waals surface area contributed by atoms with Crippen molar-refractivity contribution in [3.05, 3.63) is 0 Å². The van der Waals surface area contributed by atoms with Crippen molar-refractivity contribution in [2.75, 3.05) is 45.9 Å². The van der Waals surface area contributed by atoms with Gasteiger partial charge in [0.1, 0.15) is 0 Å². The predicted molar refractivity (Wildman–Crippen MR) is 73.1 cm³/mol. The highest BCUT2D eigenvalue weighted by Gasteiger charge is 2.07. The number of rotatable bonds is 5. The van der Waals surface area contributed by atoms with E-state index in [-0.39, 0.29) is 0 Å². The second-order valence-electron chi connectivity index (χ2n) is 3.20. The Kier molecular flexibility index (Phi) is 19.7. The molecular formula is C13H32N2O. The molecule has 0 aliphatic carbocycles. The minimum absolute atomic E-state index is 0.897. The minimum Gasteiger partial charge on any atom is -0.380 e. The van der Waals surface area contributed by atoms with Gasteiger partial charge in [0.05, 0.1) is 6.61 Å². The second-order valence-corrected chi connectivity index (χ2v) is 3.20. The van der Waals surface area contributed by atoms with Crippen LogP contribution < -0.4 is 5.32 Å². The van der Waals surface area contributed by atoms with Crippen molar-refractivity contribution in [2.24, 2.45) is 0 Å². The smallest absolute Gasteiger partial charge is 0.0593 e. The van der Waals surface area contributed by atoms with Crippen LogP contribution in [0.1, 0.15) is 41.0 Å². The minimum atomic E-state index is 0.897. The van der Waals surface area contributed by atoms with Crippen LogP contribution in [0.5, 0.6) is 0 Å². The monoisotopic (exact) mass is 232 g/mol. The van der Waals surface area contributed by atoms with Crippen molar-refractivity contribution in [1.82, 2.24) is 10.2 Å². The third-order valence-corrected chi connectivity index (χ3v) is 2.11. The molecule has 1 aliphatic rings. The Morgan fingerprint density at radius 1 is 1.00 bits per heavy atom. The van der Waals surface area contributed by atoms with Gasteiger partial charge in [0.25, 0.3) is 0 Å². The Hall–Kier alpha value is -0.120. The lowest BCUT2D eigenvalue weighted by molar-refractivity contribution is 0.0995. The summed E-state index contributed by atoms with van der Waals surface area (Å²) in [6.45, 7) is 17.7. The van der Waals surface area contributed by atoms with E-state index in [2.05, 4.69) is 17.1 Å². The van der Waals surface area contributed by atoms with Crippen LogP contribution in [-0.2, 0) is 4.74 Å². The van der Waals surface area contributed by atoms with Gasteiger partial charge >= 0.3 is 0 Å². The van der Waals surface area contributed by atoms with Gasteiger partial charge in [-0.25, -0.2) is 0 Å². The van der Waals surface area contributed by atoms with E-state index in [1.807, 2.05) is 27.7 Å². The SMILES string of the molecule is CC.CC.CCCOCCN1CCNCC1. The van der Waals surface area contributed by atoms with Gasteiger partial charge in [-0.15, -0.1) is 0 Å². The zero-order valence-corrected chi connectivity index (χ0v) is 12.0. The molecule has 16 heavy (non-hydrogen) atoms. The number of hydrogen-bond acceptors (Lipinski definition) is 3. The topological polar surface area (TPSA) is 24.5 Å². The zero-order chi connectivity index (χ0) is 12.6. The molecule has 1 aliphatic heterocycles. The molecule has 0 bridgehead atoms. The molecule has 0 aromatic carbocycles. The first kappa shape index (κ1) is 18.3. The molecule has 0 atom stereocenters. The van der Waals surface area contributed by atoms with Crippen LogP contribution in [-0.4, -0.2) is 50.8 Å². The number of piperazine rings is 1. The van der Waals surface area contributed by atoms with E-state index in [9.17, 15) is 0 Å². The highest BCUT2D eigenvalue weighted by Crippen LogP contribution is 1.91. The van der Waals surface area contributed by atoms with E-state index in [0.29, 0.717) is 0 Å². The largest absolute Gasteiger partial charge is 0.380 e. The molecule has 0 unspecified atom stereocenters. The van der Waals surface area contributed by atoms with Crippen LogP contribution in [0.4, 0.5) is 0 Å². The maximum Gasteiger partial charge on any atom is 0.0593 e. The number of ether oxygens (including phenoxy) is 1. The molecule has 100 valence electrons. The number of nitrogens with one attached hydrogen (secondary N) is 1. The standard InChI is InChI=1S/C9H20N2O.2C2H6/c1-2-8-12-9-7-11-5-3-10-4-6-11;2*1-2/h10H,2-9H2,1H3;2*1-2H3. The predicted octanol–water partition coefficient (Wildman–Crippen LogP) is 2.37. The van der Waals surface area contributed by atoms with Crippen LogP contribution in [0.3, 0.4) is 0 Å². The van der Waals surface area contributed by atoms with E-state index in [1.165, 1.54) is 13.1 Å². The lowest BCUT2D eigenvalue weighted by Gasteiger charge is -2.26. The van der Waals surface area contributed by atoms with E-state index in [0.717, 1.165) is 39.3 Å². The Bertz CT molecular complexity index is 104. The average molecular weight is 232 g/mol. The molecule has 0 amide bonds. The van der Waals surface area contributed by atoms with Gasteiger partial charge in [0.15, 0.2) is 0 Å². The fourth-order valence-electron chi connectivity index (χ4n) is 1.37. The van der Waals surface area contributed by atoms with E-state index in [1.54, 1.807) is 0 Å². The Balaban J connectivity index is 0. The first-order valence-electron chi connectivity index (χ1n) is 6.94. The Morgan fingerprint density at radius 2 is 1.56 bits per heavy atom. The van der Waals surface area contributed by atoms with Crippen LogP contribution in [0.2, 0.25) is 0 Å². The number of hydrogen-bond donors (Lipinski definition) is 1. The molecule has 1 rings (SSSR count). The summed E-state index contributed by atoms with van der Waals surface area (Å²) in [5.41, 5.74) is 0. The first-order chi connectivity index (χ1) is 7.93. The Labute approximate surface area is 103 Å². The summed E-state index contributed by atoms with van der Waals surface area (Å²) >= 11 is 0.